The molecule has 0 atom stereocenters. The number of amides is 1. The van der Waals surface area contributed by atoms with Crippen LogP contribution in [0.1, 0.15) is 11.1 Å². The van der Waals surface area contributed by atoms with Crippen LogP contribution in [-0.2, 0) is 27.5 Å². The van der Waals surface area contributed by atoms with Gasteiger partial charge < -0.3 is 5.32 Å². The zero-order chi connectivity index (χ0) is 24.2. The average Bonchev–Trinajstić information content (AvgIpc) is 2.76. The number of sulfonamides is 1. The molecule has 1 N–H and O–H groups in total. The number of alkyl halides is 3. The third-order valence-corrected chi connectivity index (χ3v) is 6.58. The van der Waals surface area contributed by atoms with E-state index in [4.69, 9.17) is 11.6 Å². The number of hydrogen-bond acceptors (Lipinski definition) is 3. The van der Waals surface area contributed by atoms with Gasteiger partial charge in [0.1, 0.15) is 5.82 Å². The number of anilines is 1. The summed E-state index contributed by atoms with van der Waals surface area (Å²) in [6, 6.07) is 15.0. The molecule has 174 valence electrons. The molecule has 11 heteroatoms. The number of hydrogen-bond donors (Lipinski definition) is 1. The van der Waals surface area contributed by atoms with Crippen molar-refractivity contribution in [2.45, 2.75) is 17.6 Å². The van der Waals surface area contributed by atoms with Gasteiger partial charge in [0.15, 0.2) is 0 Å². The molecule has 0 bridgehead atoms. The zero-order valence-corrected chi connectivity index (χ0v) is 18.4. The molecule has 0 aliphatic heterocycles. The molecule has 33 heavy (non-hydrogen) atoms. The second kappa shape index (κ2) is 9.90. The summed E-state index contributed by atoms with van der Waals surface area (Å²) < 4.78 is 80.3. The number of benzene rings is 3. The molecule has 0 radical (unpaired) electrons. The van der Waals surface area contributed by atoms with Crippen LogP contribution in [-0.4, -0.2) is 25.2 Å². The minimum absolute atomic E-state index is 0.109. The number of nitrogens with zero attached hydrogens (tertiary/aromatic N) is 1. The monoisotopic (exact) mass is 500 g/mol. The van der Waals surface area contributed by atoms with Gasteiger partial charge in [-0.3, -0.25) is 4.79 Å². The van der Waals surface area contributed by atoms with Crippen molar-refractivity contribution in [2.24, 2.45) is 0 Å². The predicted molar refractivity (Wildman–Crippen MR) is 116 cm³/mol. The summed E-state index contributed by atoms with van der Waals surface area (Å²) in [7, 11) is -4.21. The molecule has 0 aromatic heterocycles. The van der Waals surface area contributed by atoms with Crippen molar-refractivity contribution >= 4 is 33.2 Å². The van der Waals surface area contributed by atoms with Crippen molar-refractivity contribution in [3.8, 4) is 0 Å². The van der Waals surface area contributed by atoms with Crippen LogP contribution >= 0.6 is 11.6 Å². The smallest absolute Gasteiger partial charge is 0.324 e. The fraction of sp³-hybridized carbons (Fsp3) is 0.136. The third-order valence-electron chi connectivity index (χ3n) is 4.53. The summed E-state index contributed by atoms with van der Waals surface area (Å²) in [5.41, 5.74) is -1.35. The predicted octanol–water partition coefficient (Wildman–Crippen LogP) is 5.33. The molecule has 0 spiro atoms. The van der Waals surface area contributed by atoms with E-state index in [1.807, 2.05) is 0 Å². The van der Waals surface area contributed by atoms with E-state index in [0.29, 0.717) is 11.6 Å². The summed E-state index contributed by atoms with van der Waals surface area (Å²) >= 11 is 5.65. The maximum atomic E-state index is 13.3. The second-order valence-electron chi connectivity index (χ2n) is 6.95. The highest BCUT2D eigenvalue weighted by Crippen LogP contribution is 2.36. The molecule has 3 aromatic carbocycles. The maximum absolute atomic E-state index is 13.3. The summed E-state index contributed by atoms with van der Waals surface area (Å²) in [5.74, 6) is -1.53. The van der Waals surface area contributed by atoms with Gasteiger partial charge in [-0.15, -0.1) is 0 Å². The van der Waals surface area contributed by atoms with Crippen LogP contribution in [0.4, 0.5) is 23.2 Å². The number of carbonyl (C=O) groups excluding carboxylic acids is 1. The molecule has 0 fully saturated rings. The van der Waals surface area contributed by atoms with Gasteiger partial charge in [-0.1, -0.05) is 41.9 Å². The summed E-state index contributed by atoms with van der Waals surface area (Å²) in [6.45, 7) is -1.09. The lowest BCUT2D eigenvalue weighted by Crippen LogP contribution is -2.37. The quantitative estimate of drug-likeness (QED) is 0.446. The summed E-state index contributed by atoms with van der Waals surface area (Å²) in [4.78, 5) is 12.5. The molecular formula is C22H17ClF4N2O3S. The normalized spacial score (nSPS) is 12.1. The molecule has 0 heterocycles. The molecular weight excluding hydrogens is 484 g/mol. The molecule has 5 nitrogen and oxygen atoms in total. The third kappa shape index (κ3) is 6.31. The molecule has 3 rings (SSSR count). The van der Waals surface area contributed by atoms with Gasteiger partial charge in [0.2, 0.25) is 15.9 Å². The van der Waals surface area contributed by atoms with E-state index in [2.05, 4.69) is 5.32 Å². The Morgan fingerprint density at radius 1 is 0.970 bits per heavy atom. The van der Waals surface area contributed by atoms with Gasteiger partial charge in [0.05, 0.1) is 22.7 Å². The van der Waals surface area contributed by atoms with E-state index in [9.17, 15) is 30.8 Å². The van der Waals surface area contributed by atoms with Gasteiger partial charge >= 0.3 is 6.18 Å². The van der Waals surface area contributed by atoms with Crippen LogP contribution in [0, 0.1) is 5.82 Å². The Labute approximate surface area is 192 Å². The van der Waals surface area contributed by atoms with Crippen molar-refractivity contribution < 1.29 is 30.8 Å². The minimum atomic E-state index is -4.79. The molecule has 0 aliphatic rings. The Balaban J connectivity index is 1.90. The van der Waals surface area contributed by atoms with Crippen LogP contribution < -0.4 is 5.32 Å². The van der Waals surface area contributed by atoms with Gasteiger partial charge in [0.25, 0.3) is 0 Å². The van der Waals surface area contributed by atoms with Crippen molar-refractivity contribution in [3.05, 3.63) is 94.8 Å². The average molecular weight is 501 g/mol. The zero-order valence-electron chi connectivity index (χ0n) is 16.8. The molecule has 0 unspecified atom stereocenters. The number of nitrogens with one attached hydrogen (secondary N) is 1. The lowest BCUT2D eigenvalue weighted by Gasteiger charge is -2.22. The van der Waals surface area contributed by atoms with Crippen molar-refractivity contribution in [1.29, 1.82) is 0 Å². The van der Waals surface area contributed by atoms with Crippen LogP contribution in [0.2, 0.25) is 5.02 Å². The van der Waals surface area contributed by atoms with Gasteiger partial charge in [-0.05, 0) is 48.0 Å². The van der Waals surface area contributed by atoms with E-state index < -0.39 is 45.7 Å². The van der Waals surface area contributed by atoms with Gasteiger partial charge in [-0.25, -0.2) is 12.8 Å². The Bertz CT molecular complexity index is 1230. The minimum Gasteiger partial charge on any atom is -0.324 e. The van der Waals surface area contributed by atoms with Crippen LogP contribution in [0.25, 0.3) is 0 Å². The maximum Gasteiger partial charge on any atom is 0.418 e. The number of halogens is 5. The Hall–Kier alpha value is -2.95. The number of carbonyl (C=O) groups is 1. The van der Waals surface area contributed by atoms with Gasteiger partial charge in [0, 0.05) is 11.6 Å². The first kappa shape index (κ1) is 24.7. The molecule has 0 saturated heterocycles. The first-order valence-electron chi connectivity index (χ1n) is 9.43. The number of rotatable bonds is 7. The van der Waals surface area contributed by atoms with Crippen molar-refractivity contribution in [1.82, 2.24) is 4.31 Å². The van der Waals surface area contributed by atoms with Crippen molar-refractivity contribution in [3.63, 3.8) is 0 Å². The van der Waals surface area contributed by atoms with Crippen molar-refractivity contribution in [2.75, 3.05) is 11.9 Å². The van der Waals surface area contributed by atoms with E-state index >= 15 is 0 Å². The SMILES string of the molecule is O=C(CN(Cc1ccc(F)cc1)S(=O)(=O)c1ccccc1)Nc1ccc(Cl)cc1C(F)(F)F. The molecule has 1 amide bonds. The highest BCUT2D eigenvalue weighted by molar-refractivity contribution is 7.89. The first-order valence-corrected chi connectivity index (χ1v) is 11.2. The second-order valence-corrected chi connectivity index (χ2v) is 9.32. The Morgan fingerprint density at radius 3 is 2.21 bits per heavy atom. The largest absolute Gasteiger partial charge is 0.418 e. The summed E-state index contributed by atoms with van der Waals surface area (Å²) in [5, 5.41) is 1.93. The fourth-order valence-corrected chi connectivity index (χ4v) is 4.55. The van der Waals surface area contributed by atoms with Crippen LogP contribution in [0.3, 0.4) is 0 Å². The topological polar surface area (TPSA) is 66.5 Å². The van der Waals surface area contributed by atoms with E-state index in [1.165, 1.54) is 42.5 Å². The lowest BCUT2D eigenvalue weighted by molar-refractivity contribution is -0.137. The lowest BCUT2D eigenvalue weighted by atomic mass is 10.1. The highest BCUT2D eigenvalue weighted by atomic mass is 35.5. The highest BCUT2D eigenvalue weighted by Gasteiger charge is 2.35. The van der Waals surface area contributed by atoms with Crippen LogP contribution in [0.5, 0.6) is 0 Å². The fourth-order valence-electron chi connectivity index (χ4n) is 2.97. The van der Waals surface area contributed by atoms with Crippen LogP contribution in [0.15, 0.2) is 77.7 Å². The molecule has 0 aliphatic carbocycles. The first-order chi connectivity index (χ1) is 15.5. The van der Waals surface area contributed by atoms with E-state index in [0.717, 1.165) is 22.5 Å². The van der Waals surface area contributed by atoms with E-state index in [-0.39, 0.29) is 16.5 Å². The Morgan fingerprint density at radius 2 is 1.61 bits per heavy atom. The standard InChI is InChI=1S/C22H17ClF4N2O3S/c23-16-8-11-20(19(12-16)22(25,26)27)28-21(30)14-29(13-15-6-9-17(24)10-7-15)33(31,32)18-4-2-1-3-5-18/h1-12H,13-14H2,(H,28,30). The molecule has 0 saturated carbocycles. The Kier molecular flexibility index (Phi) is 7.41. The molecule has 3 aromatic rings. The summed E-state index contributed by atoms with van der Waals surface area (Å²) in [6.07, 6.45) is -4.79. The van der Waals surface area contributed by atoms with Gasteiger partial charge in [-0.2, -0.15) is 17.5 Å². The van der Waals surface area contributed by atoms with E-state index in [1.54, 1.807) is 6.07 Å².